The maximum atomic E-state index is 5.83. The van der Waals surface area contributed by atoms with Gasteiger partial charge in [0.2, 0.25) is 0 Å². The first kappa shape index (κ1) is 42.2. The van der Waals surface area contributed by atoms with Gasteiger partial charge in [-0.25, -0.2) is 0 Å². The van der Waals surface area contributed by atoms with Crippen molar-refractivity contribution in [2.24, 2.45) is 11.5 Å². The zero-order valence-electron chi connectivity index (χ0n) is 16.6. The number of rotatable bonds is 3. The standard InChI is InChI=1S/C22H22N2P2.6Ar/c23-11-13-1-5-17-15(9-13)3-7-19(25)21(17)22-18-6-2-14(12-24)10-16(18)4-8-20(22)26;;;;;;/h1-10H,11-12,23-26H2;;;;;;. The summed E-state index contributed by atoms with van der Waals surface area (Å²) < 4.78 is 0. The molecule has 0 spiro atoms. The van der Waals surface area contributed by atoms with E-state index in [4.69, 9.17) is 11.5 Å². The van der Waals surface area contributed by atoms with Crippen LogP contribution in [-0.4, -0.2) is 0 Å². The molecule has 2 atom stereocenters. The Balaban J connectivity index is -0.00000140. The molecule has 0 aliphatic heterocycles. The summed E-state index contributed by atoms with van der Waals surface area (Å²) in [6, 6.07) is 21.7. The van der Waals surface area contributed by atoms with Crippen LogP contribution in [0.5, 0.6) is 0 Å². The summed E-state index contributed by atoms with van der Waals surface area (Å²) in [6.45, 7) is 1.11. The molecule has 32 heavy (non-hydrogen) atoms. The Bertz CT molecular complexity index is 1070. The van der Waals surface area contributed by atoms with Crippen molar-refractivity contribution >= 4 is 50.6 Å². The average Bonchev–Trinajstić information content (AvgIpc) is 2.68. The maximum absolute atomic E-state index is 5.83. The van der Waals surface area contributed by atoms with E-state index >= 15 is 0 Å². The Labute approximate surface area is 375 Å². The van der Waals surface area contributed by atoms with Crippen LogP contribution in [0.1, 0.15) is 11.1 Å². The molecule has 0 aliphatic rings. The van der Waals surface area contributed by atoms with E-state index < -0.39 is 0 Å². The van der Waals surface area contributed by atoms with Crippen LogP contribution in [0.3, 0.4) is 0 Å². The van der Waals surface area contributed by atoms with E-state index in [0.29, 0.717) is 13.1 Å². The van der Waals surface area contributed by atoms with Gasteiger partial charge in [-0.05, 0) is 66.5 Å². The molecule has 0 radical (unpaired) electrons. The van der Waals surface area contributed by atoms with Crippen molar-refractivity contribution in [1.82, 2.24) is 0 Å². The van der Waals surface area contributed by atoms with E-state index in [9.17, 15) is 0 Å². The van der Waals surface area contributed by atoms with Crippen LogP contribution >= 0.6 is 18.5 Å². The van der Waals surface area contributed by atoms with E-state index in [0.717, 1.165) is 11.1 Å². The maximum Gasteiger partial charge on any atom is 0.0178 e. The minimum atomic E-state index is 0. The van der Waals surface area contributed by atoms with Gasteiger partial charge in [-0.3, -0.25) is 0 Å². The molecule has 2 nitrogen and oxygen atoms in total. The number of hydrogen-bond donors (Lipinski definition) is 2. The number of fused-ring (bicyclic) bond motifs is 2. The molecule has 0 bridgehead atoms. The minimum Gasteiger partial charge on any atom is -0.326 e. The quantitative estimate of drug-likeness (QED) is 0.347. The largest absolute Gasteiger partial charge is 0.326 e. The molecule has 2 unspecified atom stereocenters. The van der Waals surface area contributed by atoms with Crippen LogP contribution < -0.4 is 22.1 Å². The summed E-state index contributed by atoms with van der Waals surface area (Å²) in [6.07, 6.45) is 0. The number of hydrogen-bond acceptors (Lipinski definition) is 2. The second kappa shape index (κ2) is 20.6. The molecule has 0 fully saturated rings. The molecule has 4 N–H and O–H groups in total. The Morgan fingerprint density at radius 2 is 0.844 bits per heavy atom. The predicted octanol–water partition coefficient (Wildman–Crippen LogP) is 3.58. The van der Waals surface area contributed by atoms with Gasteiger partial charge < -0.3 is 11.5 Å². The molecular weight excluding hydrogens is 594 g/mol. The van der Waals surface area contributed by atoms with E-state index in [1.54, 1.807) is 0 Å². The van der Waals surface area contributed by atoms with Gasteiger partial charge in [0.15, 0.2) is 0 Å². The van der Waals surface area contributed by atoms with Gasteiger partial charge in [-0.1, -0.05) is 48.5 Å². The zero-order chi connectivity index (χ0) is 18.3. The molecule has 0 aliphatic carbocycles. The van der Waals surface area contributed by atoms with Crippen molar-refractivity contribution in [1.29, 1.82) is 0 Å². The monoisotopic (exact) mass is 616 g/mol. The molecule has 0 saturated carbocycles. The first-order chi connectivity index (χ1) is 12.6. The third-order valence-electron chi connectivity index (χ3n) is 4.95. The van der Waals surface area contributed by atoms with E-state index in [2.05, 4.69) is 79.1 Å². The Hall–Kier alpha value is 5.74. The van der Waals surface area contributed by atoms with Crippen LogP contribution in [0.25, 0.3) is 32.7 Å². The first-order valence-corrected chi connectivity index (χ1v) is 9.80. The fraction of sp³-hybridized carbons (Fsp3) is 0.0909. The summed E-state index contributed by atoms with van der Waals surface area (Å²) in [7, 11) is 5.79. The predicted molar refractivity (Wildman–Crippen MR) is 121 cm³/mol. The summed E-state index contributed by atoms with van der Waals surface area (Å²) in [5.41, 5.74) is 16.5. The number of nitrogens with two attached hydrogens (primary N) is 2. The number of benzene rings is 4. The molecule has 0 saturated heterocycles. The van der Waals surface area contributed by atoms with Crippen molar-refractivity contribution in [2.45, 2.75) is 13.1 Å². The van der Waals surface area contributed by atoms with Gasteiger partial charge in [0.05, 0.1) is 0 Å². The third kappa shape index (κ3) is 9.98. The summed E-state index contributed by atoms with van der Waals surface area (Å²) >= 11 is 0. The molecule has 0 aromatic heterocycles. The van der Waals surface area contributed by atoms with Crippen LogP contribution in [0, 0.1) is 226 Å². The molecule has 4 rings (SSSR count). The molecule has 4 aromatic rings. The van der Waals surface area contributed by atoms with Gasteiger partial charge in [-0.2, -0.15) is 0 Å². The van der Waals surface area contributed by atoms with E-state index in [-0.39, 0.29) is 226 Å². The van der Waals surface area contributed by atoms with Crippen molar-refractivity contribution in [3.63, 3.8) is 0 Å². The average molecular weight is 616 g/mol. The van der Waals surface area contributed by atoms with Crippen LogP contribution in [0.4, 0.5) is 0 Å². The van der Waals surface area contributed by atoms with Crippen molar-refractivity contribution in [3.05, 3.63) is 71.8 Å². The molecule has 0 heterocycles. The zero-order valence-corrected chi connectivity index (χ0v) is 23.2. The fourth-order valence-electron chi connectivity index (χ4n) is 3.60. The van der Waals surface area contributed by atoms with Gasteiger partial charge in [0, 0.05) is 240 Å². The van der Waals surface area contributed by atoms with Gasteiger partial charge in [-0.15, -0.1) is 18.5 Å². The van der Waals surface area contributed by atoms with Crippen LogP contribution in [0.2, 0.25) is 0 Å². The van der Waals surface area contributed by atoms with Crippen molar-refractivity contribution < 1.29 is 226 Å². The van der Waals surface area contributed by atoms with Gasteiger partial charge in [0.25, 0.3) is 0 Å². The second-order valence-corrected chi connectivity index (χ2v) is 7.82. The van der Waals surface area contributed by atoms with E-state index in [1.807, 2.05) is 0 Å². The second-order valence-electron chi connectivity index (χ2n) is 6.58. The SMILES string of the molecule is NCc1ccc2c(-c3c(P)ccc4cc(CN)ccc34)c(P)ccc2c1.[Ar].[Ar].[Ar].[Ar].[Ar].[Ar]. The summed E-state index contributed by atoms with van der Waals surface area (Å²) in [5, 5.41) is 7.31. The first-order valence-electron chi connectivity index (χ1n) is 8.65. The van der Waals surface area contributed by atoms with E-state index in [1.165, 1.54) is 43.3 Å². The smallest absolute Gasteiger partial charge is 0.0178 e. The normalized spacial score (nSPS) is 9.25. The Kier molecular flexibility index (Phi) is 27.2. The van der Waals surface area contributed by atoms with Gasteiger partial charge >= 0.3 is 0 Å². The Morgan fingerprint density at radius 1 is 0.500 bits per heavy atom. The minimum absolute atomic E-state index is 0. The molecule has 178 valence electrons. The molecular formula is C22H22Ar6N2P2. The Morgan fingerprint density at radius 3 is 1.16 bits per heavy atom. The van der Waals surface area contributed by atoms with Crippen molar-refractivity contribution in [2.75, 3.05) is 0 Å². The van der Waals surface area contributed by atoms with Crippen molar-refractivity contribution in [3.8, 4) is 11.1 Å². The fourth-order valence-corrected chi connectivity index (χ4v) is 4.40. The third-order valence-corrected chi connectivity index (χ3v) is 5.92. The van der Waals surface area contributed by atoms with Gasteiger partial charge in [0.1, 0.15) is 0 Å². The summed E-state index contributed by atoms with van der Waals surface area (Å²) in [4.78, 5) is 0. The summed E-state index contributed by atoms with van der Waals surface area (Å²) in [5.74, 6) is 0. The van der Waals surface area contributed by atoms with Crippen LogP contribution in [-0.2, 0) is 13.1 Å². The van der Waals surface area contributed by atoms with Crippen LogP contribution in [0.15, 0.2) is 60.7 Å². The molecule has 10 heteroatoms. The molecule has 4 aromatic carbocycles. The molecule has 0 amide bonds. The topological polar surface area (TPSA) is 52.0 Å².